The first-order chi connectivity index (χ1) is 7.16. The lowest BCUT2D eigenvalue weighted by Gasteiger charge is -1.97. The first kappa shape index (κ1) is 9.98. The van der Waals surface area contributed by atoms with Gasteiger partial charge in [0.1, 0.15) is 5.69 Å². The first-order valence-electron chi connectivity index (χ1n) is 4.35. The number of benzene rings is 1. The minimum atomic E-state index is -0.946. The molecule has 2 aromatic rings. The van der Waals surface area contributed by atoms with Gasteiger partial charge in [0.05, 0.1) is 0 Å². The molecule has 0 aliphatic rings. The Morgan fingerprint density at radius 2 is 1.80 bits per heavy atom. The average molecular weight is 266 g/mol. The third-order valence-electron chi connectivity index (χ3n) is 2.07. The Hall–Kier alpha value is -1.55. The molecule has 0 saturated heterocycles. The summed E-state index contributed by atoms with van der Waals surface area (Å²) in [4.78, 5) is 13.5. The largest absolute Gasteiger partial charge is 0.477 e. The van der Waals surface area contributed by atoms with Crippen molar-refractivity contribution in [2.45, 2.75) is 0 Å². The Bertz CT molecular complexity index is 488. The van der Waals surface area contributed by atoms with Crippen LogP contribution in [0.1, 0.15) is 10.5 Å². The molecule has 0 aliphatic carbocycles. The van der Waals surface area contributed by atoms with Crippen molar-refractivity contribution in [3.8, 4) is 11.3 Å². The zero-order chi connectivity index (χ0) is 10.8. The number of rotatable bonds is 2. The summed E-state index contributed by atoms with van der Waals surface area (Å²) in [6, 6.07) is 11.0. The molecule has 0 unspecified atom stereocenters. The van der Waals surface area contributed by atoms with Crippen LogP contribution in [0.15, 0.2) is 40.9 Å². The van der Waals surface area contributed by atoms with Gasteiger partial charge >= 0.3 is 5.97 Å². The third kappa shape index (κ3) is 2.10. The number of aromatic nitrogens is 1. The van der Waals surface area contributed by atoms with E-state index in [0.717, 1.165) is 15.7 Å². The zero-order valence-corrected chi connectivity index (χ0v) is 9.28. The van der Waals surface area contributed by atoms with Crippen molar-refractivity contribution in [1.82, 2.24) is 4.98 Å². The van der Waals surface area contributed by atoms with Crippen molar-refractivity contribution in [3.63, 3.8) is 0 Å². The van der Waals surface area contributed by atoms with Gasteiger partial charge in [-0.2, -0.15) is 0 Å². The summed E-state index contributed by atoms with van der Waals surface area (Å²) in [5, 5.41) is 8.75. The van der Waals surface area contributed by atoms with Crippen molar-refractivity contribution in [2.75, 3.05) is 0 Å². The first-order valence-corrected chi connectivity index (χ1v) is 5.14. The molecule has 76 valence electrons. The number of carboxylic acids is 1. The highest BCUT2D eigenvalue weighted by molar-refractivity contribution is 9.10. The van der Waals surface area contributed by atoms with E-state index in [2.05, 4.69) is 20.9 Å². The van der Waals surface area contributed by atoms with E-state index in [1.54, 1.807) is 12.1 Å². The molecule has 2 N–H and O–H groups in total. The van der Waals surface area contributed by atoms with Crippen LogP contribution in [-0.4, -0.2) is 16.1 Å². The summed E-state index contributed by atoms with van der Waals surface area (Å²) in [5.74, 6) is -0.946. The van der Waals surface area contributed by atoms with Crippen molar-refractivity contribution in [3.05, 3.63) is 46.6 Å². The highest BCUT2D eigenvalue weighted by atomic mass is 79.9. The second kappa shape index (κ2) is 3.90. The molecular weight excluding hydrogens is 258 g/mol. The Morgan fingerprint density at radius 1 is 1.13 bits per heavy atom. The van der Waals surface area contributed by atoms with Crippen molar-refractivity contribution >= 4 is 21.9 Å². The lowest BCUT2D eigenvalue weighted by molar-refractivity contribution is 0.0691. The molecule has 0 amide bonds. The number of aromatic carboxylic acids is 1. The van der Waals surface area contributed by atoms with Crippen LogP contribution < -0.4 is 0 Å². The maximum Gasteiger partial charge on any atom is 0.352 e. The fraction of sp³-hybridized carbons (Fsp3) is 0. The van der Waals surface area contributed by atoms with Crippen LogP contribution in [0.2, 0.25) is 0 Å². The van der Waals surface area contributed by atoms with Gasteiger partial charge in [0.15, 0.2) is 0 Å². The van der Waals surface area contributed by atoms with Crippen LogP contribution in [0.25, 0.3) is 11.3 Å². The monoisotopic (exact) mass is 265 g/mol. The van der Waals surface area contributed by atoms with E-state index >= 15 is 0 Å². The number of H-pyrrole nitrogens is 1. The Balaban J connectivity index is 2.37. The minimum Gasteiger partial charge on any atom is -0.477 e. The standard InChI is InChI=1S/C11H8BrNO2/c12-8-3-1-7(2-4-8)9-5-6-10(13-9)11(14)15/h1-6,13H,(H,14,15). The predicted molar refractivity (Wildman–Crippen MR) is 60.9 cm³/mol. The fourth-order valence-corrected chi connectivity index (χ4v) is 1.58. The Labute approximate surface area is 94.9 Å². The van der Waals surface area contributed by atoms with E-state index < -0.39 is 5.97 Å². The topological polar surface area (TPSA) is 53.1 Å². The lowest BCUT2D eigenvalue weighted by atomic mass is 10.2. The van der Waals surface area contributed by atoms with E-state index in [-0.39, 0.29) is 5.69 Å². The van der Waals surface area contributed by atoms with E-state index in [1.165, 1.54) is 0 Å². The van der Waals surface area contributed by atoms with E-state index in [0.29, 0.717) is 0 Å². The summed E-state index contributed by atoms with van der Waals surface area (Å²) < 4.78 is 0.997. The molecule has 0 atom stereocenters. The maximum absolute atomic E-state index is 10.7. The van der Waals surface area contributed by atoms with Crippen LogP contribution in [0.4, 0.5) is 0 Å². The molecular formula is C11H8BrNO2. The van der Waals surface area contributed by atoms with Crippen molar-refractivity contribution in [1.29, 1.82) is 0 Å². The van der Waals surface area contributed by atoms with Crippen LogP contribution >= 0.6 is 15.9 Å². The second-order valence-corrected chi connectivity index (χ2v) is 4.01. The summed E-state index contributed by atoms with van der Waals surface area (Å²) >= 11 is 3.34. The van der Waals surface area contributed by atoms with Gasteiger partial charge in [-0.25, -0.2) is 4.79 Å². The molecule has 15 heavy (non-hydrogen) atoms. The minimum absolute atomic E-state index is 0.202. The summed E-state index contributed by atoms with van der Waals surface area (Å²) in [6.07, 6.45) is 0. The molecule has 0 radical (unpaired) electrons. The van der Waals surface area contributed by atoms with Gasteiger partial charge in [-0.15, -0.1) is 0 Å². The van der Waals surface area contributed by atoms with E-state index in [4.69, 9.17) is 5.11 Å². The quantitative estimate of drug-likeness (QED) is 0.877. The number of hydrogen-bond donors (Lipinski definition) is 2. The lowest BCUT2D eigenvalue weighted by Crippen LogP contribution is -1.95. The van der Waals surface area contributed by atoms with Gasteiger partial charge in [-0.05, 0) is 29.8 Å². The summed E-state index contributed by atoms with van der Waals surface area (Å²) in [7, 11) is 0. The zero-order valence-electron chi connectivity index (χ0n) is 7.70. The van der Waals surface area contributed by atoms with Gasteiger partial charge in [0, 0.05) is 10.2 Å². The molecule has 3 nitrogen and oxygen atoms in total. The molecule has 0 saturated carbocycles. The van der Waals surface area contributed by atoms with Gasteiger partial charge in [0.2, 0.25) is 0 Å². The van der Waals surface area contributed by atoms with Crippen LogP contribution in [0.3, 0.4) is 0 Å². The molecule has 2 rings (SSSR count). The van der Waals surface area contributed by atoms with E-state index in [1.807, 2.05) is 24.3 Å². The summed E-state index contributed by atoms with van der Waals surface area (Å²) in [6.45, 7) is 0. The smallest absolute Gasteiger partial charge is 0.352 e. The number of carboxylic acid groups (broad SMARTS) is 1. The highest BCUT2D eigenvalue weighted by Gasteiger charge is 2.06. The molecule has 4 heteroatoms. The fourth-order valence-electron chi connectivity index (χ4n) is 1.32. The number of aromatic amines is 1. The van der Waals surface area contributed by atoms with Crippen LogP contribution in [-0.2, 0) is 0 Å². The summed E-state index contributed by atoms with van der Waals surface area (Å²) in [5.41, 5.74) is 1.97. The molecule has 1 aromatic carbocycles. The van der Waals surface area contributed by atoms with Gasteiger partial charge in [-0.3, -0.25) is 0 Å². The number of hydrogen-bond acceptors (Lipinski definition) is 1. The molecule has 0 bridgehead atoms. The molecule has 0 aliphatic heterocycles. The van der Waals surface area contributed by atoms with Gasteiger partial charge in [-0.1, -0.05) is 28.1 Å². The Morgan fingerprint density at radius 3 is 2.33 bits per heavy atom. The molecule has 0 fully saturated rings. The molecule has 1 aromatic heterocycles. The van der Waals surface area contributed by atoms with Gasteiger partial charge in [0.25, 0.3) is 0 Å². The van der Waals surface area contributed by atoms with Crippen LogP contribution in [0.5, 0.6) is 0 Å². The number of nitrogens with one attached hydrogen (secondary N) is 1. The highest BCUT2D eigenvalue weighted by Crippen LogP contribution is 2.20. The molecule has 0 spiro atoms. The number of carbonyl (C=O) groups is 1. The van der Waals surface area contributed by atoms with Crippen molar-refractivity contribution in [2.24, 2.45) is 0 Å². The SMILES string of the molecule is O=C(O)c1ccc(-c2ccc(Br)cc2)[nH]1. The maximum atomic E-state index is 10.7. The molecule has 1 heterocycles. The van der Waals surface area contributed by atoms with Crippen LogP contribution in [0, 0.1) is 0 Å². The second-order valence-electron chi connectivity index (χ2n) is 3.10. The van der Waals surface area contributed by atoms with Gasteiger partial charge < -0.3 is 10.1 Å². The predicted octanol–water partition coefficient (Wildman–Crippen LogP) is 3.14. The van der Waals surface area contributed by atoms with E-state index in [9.17, 15) is 4.79 Å². The van der Waals surface area contributed by atoms with Crippen molar-refractivity contribution < 1.29 is 9.90 Å². The average Bonchev–Trinajstić information content (AvgIpc) is 2.68. The normalized spacial score (nSPS) is 10.2. The Kier molecular flexibility index (Phi) is 2.60. The number of halogens is 1. The third-order valence-corrected chi connectivity index (χ3v) is 2.60.